The van der Waals surface area contributed by atoms with E-state index in [1.54, 1.807) is 18.2 Å². The molecule has 0 spiro atoms. The maximum absolute atomic E-state index is 13.2. The van der Waals surface area contributed by atoms with Gasteiger partial charge < -0.3 is 5.11 Å². The summed E-state index contributed by atoms with van der Waals surface area (Å²) in [5.41, 5.74) is 2.17. The normalized spacial score (nSPS) is 12.5. The molecule has 0 aliphatic rings. The van der Waals surface area contributed by atoms with Crippen LogP contribution in [0.15, 0.2) is 40.9 Å². The van der Waals surface area contributed by atoms with Crippen molar-refractivity contribution in [2.24, 2.45) is 0 Å². The topological polar surface area (TPSA) is 20.2 Å². The minimum atomic E-state index is -0.812. The Morgan fingerprint density at radius 2 is 1.89 bits per heavy atom. The molecule has 1 unspecified atom stereocenters. The summed E-state index contributed by atoms with van der Waals surface area (Å²) in [6.07, 6.45) is -0.503. The van der Waals surface area contributed by atoms with E-state index in [1.165, 1.54) is 18.2 Å². The van der Waals surface area contributed by atoms with Gasteiger partial charge >= 0.3 is 0 Å². The first-order valence-electron chi connectivity index (χ1n) is 5.85. The van der Waals surface area contributed by atoms with E-state index in [1.807, 2.05) is 6.92 Å². The van der Waals surface area contributed by atoms with E-state index in [0.717, 1.165) is 11.1 Å². The van der Waals surface area contributed by atoms with Crippen molar-refractivity contribution in [3.8, 4) is 0 Å². The van der Waals surface area contributed by atoms with Crippen LogP contribution in [0.4, 0.5) is 8.78 Å². The van der Waals surface area contributed by atoms with E-state index in [0.29, 0.717) is 16.5 Å². The van der Waals surface area contributed by atoms with E-state index in [-0.39, 0.29) is 11.6 Å². The Morgan fingerprint density at radius 3 is 2.58 bits per heavy atom. The van der Waals surface area contributed by atoms with Crippen LogP contribution in [0.1, 0.15) is 22.8 Å². The van der Waals surface area contributed by atoms with E-state index in [4.69, 9.17) is 0 Å². The van der Waals surface area contributed by atoms with Crippen molar-refractivity contribution < 1.29 is 13.9 Å². The Morgan fingerprint density at radius 1 is 1.16 bits per heavy atom. The van der Waals surface area contributed by atoms with Crippen LogP contribution in [0.25, 0.3) is 0 Å². The van der Waals surface area contributed by atoms with Crippen molar-refractivity contribution in [3.63, 3.8) is 0 Å². The standard InChI is InChI=1S/C15H13BrF2O/c1-9-2-4-11(17)8-12(9)15(19)7-10-3-5-14(18)13(16)6-10/h2-6,8,15,19H,7H2,1H3. The smallest absolute Gasteiger partial charge is 0.137 e. The molecule has 0 saturated carbocycles. The molecule has 0 aliphatic carbocycles. The highest BCUT2D eigenvalue weighted by Gasteiger charge is 2.13. The third-order valence-electron chi connectivity index (χ3n) is 3.01. The number of halogens is 3. The van der Waals surface area contributed by atoms with Crippen LogP contribution in [0, 0.1) is 18.6 Å². The molecule has 2 aromatic rings. The lowest BCUT2D eigenvalue weighted by molar-refractivity contribution is 0.177. The van der Waals surface area contributed by atoms with Gasteiger partial charge in [0, 0.05) is 6.42 Å². The van der Waals surface area contributed by atoms with Gasteiger partial charge in [0.05, 0.1) is 10.6 Å². The Bertz CT molecular complexity index is 599. The Labute approximate surface area is 119 Å². The molecule has 0 fully saturated rings. The molecular weight excluding hydrogens is 314 g/mol. The summed E-state index contributed by atoms with van der Waals surface area (Å²) < 4.78 is 26.7. The highest BCUT2D eigenvalue weighted by Crippen LogP contribution is 2.24. The number of hydrogen-bond acceptors (Lipinski definition) is 1. The summed E-state index contributed by atoms with van der Waals surface area (Å²) in [5, 5.41) is 10.2. The predicted molar refractivity (Wildman–Crippen MR) is 73.9 cm³/mol. The zero-order valence-corrected chi connectivity index (χ0v) is 11.9. The molecule has 0 heterocycles. The highest BCUT2D eigenvalue weighted by atomic mass is 79.9. The van der Waals surface area contributed by atoms with Crippen LogP contribution in [0.5, 0.6) is 0 Å². The number of rotatable bonds is 3. The van der Waals surface area contributed by atoms with Crippen molar-refractivity contribution in [1.82, 2.24) is 0 Å². The zero-order chi connectivity index (χ0) is 14.0. The molecule has 2 aromatic carbocycles. The van der Waals surface area contributed by atoms with E-state index in [9.17, 15) is 13.9 Å². The monoisotopic (exact) mass is 326 g/mol. The molecule has 0 aromatic heterocycles. The largest absolute Gasteiger partial charge is 0.388 e. The van der Waals surface area contributed by atoms with E-state index >= 15 is 0 Å². The van der Waals surface area contributed by atoms with Gasteiger partial charge in [-0.3, -0.25) is 0 Å². The molecule has 1 atom stereocenters. The van der Waals surface area contributed by atoms with Crippen molar-refractivity contribution in [1.29, 1.82) is 0 Å². The van der Waals surface area contributed by atoms with Gasteiger partial charge in [0.15, 0.2) is 0 Å². The summed E-state index contributed by atoms with van der Waals surface area (Å²) in [7, 11) is 0. The van der Waals surface area contributed by atoms with Crippen LogP contribution >= 0.6 is 15.9 Å². The van der Waals surface area contributed by atoms with Crippen molar-refractivity contribution in [2.45, 2.75) is 19.4 Å². The van der Waals surface area contributed by atoms with Gasteiger partial charge in [0.25, 0.3) is 0 Å². The third kappa shape index (κ3) is 3.39. The molecule has 0 amide bonds. The summed E-state index contributed by atoms with van der Waals surface area (Å²) in [5.74, 6) is -0.722. The number of hydrogen-bond donors (Lipinski definition) is 1. The summed E-state index contributed by atoms with van der Waals surface area (Å²) in [6, 6.07) is 8.89. The first kappa shape index (κ1) is 14.2. The first-order chi connectivity index (χ1) is 8.97. The molecular formula is C15H13BrF2O. The number of aliphatic hydroxyl groups excluding tert-OH is 1. The summed E-state index contributed by atoms with van der Waals surface area (Å²) >= 11 is 3.10. The van der Waals surface area contributed by atoms with Crippen LogP contribution < -0.4 is 0 Å². The van der Waals surface area contributed by atoms with Gasteiger partial charge in [-0.2, -0.15) is 0 Å². The number of benzene rings is 2. The van der Waals surface area contributed by atoms with Crippen LogP contribution in [0.3, 0.4) is 0 Å². The number of aliphatic hydroxyl groups is 1. The fourth-order valence-corrected chi connectivity index (χ4v) is 2.40. The fraction of sp³-hybridized carbons (Fsp3) is 0.200. The molecule has 0 aliphatic heterocycles. The van der Waals surface area contributed by atoms with Crippen LogP contribution in [-0.2, 0) is 6.42 Å². The summed E-state index contributed by atoms with van der Waals surface area (Å²) in [6.45, 7) is 1.82. The lowest BCUT2D eigenvalue weighted by Gasteiger charge is -2.14. The Kier molecular flexibility index (Phi) is 4.32. The molecule has 19 heavy (non-hydrogen) atoms. The molecule has 2 rings (SSSR count). The Balaban J connectivity index is 2.22. The zero-order valence-electron chi connectivity index (χ0n) is 10.3. The fourth-order valence-electron chi connectivity index (χ4n) is 1.97. The molecule has 0 bridgehead atoms. The second kappa shape index (κ2) is 5.80. The van der Waals surface area contributed by atoms with Crippen LogP contribution in [-0.4, -0.2) is 5.11 Å². The van der Waals surface area contributed by atoms with Gasteiger partial charge in [-0.1, -0.05) is 12.1 Å². The van der Waals surface area contributed by atoms with Crippen molar-refractivity contribution >= 4 is 15.9 Å². The highest BCUT2D eigenvalue weighted by molar-refractivity contribution is 9.10. The van der Waals surface area contributed by atoms with Gasteiger partial charge in [0.1, 0.15) is 11.6 Å². The van der Waals surface area contributed by atoms with Gasteiger partial charge in [-0.05, 0) is 63.8 Å². The first-order valence-corrected chi connectivity index (χ1v) is 6.64. The van der Waals surface area contributed by atoms with Crippen LogP contribution in [0.2, 0.25) is 0 Å². The lowest BCUT2D eigenvalue weighted by atomic mass is 9.97. The average molecular weight is 327 g/mol. The van der Waals surface area contributed by atoms with E-state index < -0.39 is 6.10 Å². The lowest BCUT2D eigenvalue weighted by Crippen LogP contribution is -2.04. The molecule has 1 nitrogen and oxygen atoms in total. The maximum atomic E-state index is 13.2. The number of aryl methyl sites for hydroxylation is 1. The minimum absolute atomic E-state index is 0.309. The van der Waals surface area contributed by atoms with Gasteiger partial charge in [-0.25, -0.2) is 8.78 Å². The Hall–Kier alpha value is -1.26. The molecule has 0 saturated heterocycles. The summed E-state index contributed by atoms with van der Waals surface area (Å²) in [4.78, 5) is 0. The maximum Gasteiger partial charge on any atom is 0.137 e. The third-order valence-corrected chi connectivity index (χ3v) is 3.62. The predicted octanol–water partition coefficient (Wildman–Crippen LogP) is 4.31. The molecule has 1 N–H and O–H groups in total. The quantitative estimate of drug-likeness (QED) is 0.891. The molecule has 100 valence electrons. The SMILES string of the molecule is Cc1ccc(F)cc1C(O)Cc1ccc(F)c(Br)c1. The second-order valence-corrected chi connectivity index (χ2v) is 5.32. The minimum Gasteiger partial charge on any atom is -0.388 e. The second-order valence-electron chi connectivity index (χ2n) is 4.47. The van der Waals surface area contributed by atoms with Crippen molar-refractivity contribution in [3.05, 3.63) is 69.2 Å². The molecule has 4 heteroatoms. The van der Waals surface area contributed by atoms with E-state index in [2.05, 4.69) is 15.9 Å². The van der Waals surface area contributed by atoms with Gasteiger partial charge in [0.2, 0.25) is 0 Å². The van der Waals surface area contributed by atoms with Crippen molar-refractivity contribution in [2.75, 3.05) is 0 Å². The van der Waals surface area contributed by atoms with Gasteiger partial charge in [-0.15, -0.1) is 0 Å². The average Bonchev–Trinajstić information content (AvgIpc) is 2.36. The molecule has 0 radical (unpaired) electrons.